The minimum Gasteiger partial charge on any atom is -0.395 e. The Kier molecular flexibility index (Phi) is 5.60. The maximum atomic E-state index is 12.0. The molecule has 2 rings (SSSR count). The number of carbonyl (C=O) groups is 1. The van der Waals surface area contributed by atoms with E-state index in [0.717, 1.165) is 16.9 Å². The Bertz CT molecular complexity index is 515. The fourth-order valence-corrected chi connectivity index (χ4v) is 2.87. The average Bonchev–Trinajstić information content (AvgIpc) is 3.05. The molecule has 0 spiro atoms. The van der Waals surface area contributed by atoms with Crippen molar-refractivity contribution >= 4 is 17.2 Å². The van der Waals surface area contributed by atoms with Crippen LogP contribution in [0.15, 0.2) is 11.4 Å². The lowest BCUT2D eigenvalue weighted by molar-refractivity contribution is -0.131. The molecule has 1 aliphatic rings. The molecule has 0 aliphatic carbocycles. The van der Waals surface area contributed by atoms with Gasteiger partial charge in [-0.05, 0) is 23.8 Å². The normalized spacial score (nSPS) is 21.3. The Morgan fingerprint density at radius 3 is 3.20 bits per heavy atom. The van der Waals surface area contributed by atoms with Crippen LogP contribution in [-0.4, -0.2) is 30.3 Å². The van der Waals surface area contributed by atoms with Gasteiger partial charge in [0.15, 0.2) is 0 Å². The molecule has 2 atom stereocenters. The minimum absolute atomic E-state index is 0.0438. The largest absolute Gasteiger partial charge is 0.395 e. The summed E-state index contributed by atoms with van der Waals surface area (Å²) >= 11 is 1.57. The van der Waals surface area contributed by atoms with E-state index >= 15 is 0 Å². The molecule has 0 radical (unpaired) electrons. The van der Waals surface area contributed by atoms with Gasteiger partial charge in [0.1, 0.15) is 6.10 Å². The van der Waals surface area contributed by atoms with E-state index in [2.05, 4.69) is 17.2 Å². The second kappa shape index (κ2) is 7.44. The van der Waals surface area contributed by atoms with Crippen molar-refractivity contribution in [1.82, 2.24) is 5.32 Å². The number of aliphatic hydroxyl groups excluding tert-OH is 1. The molecule has 108 valence electrons. The highest BCUT2D eigenvalue weighted by Crippen LogP contribution is 2.21. The van der Waals surface area contributed by atoms with Gasteiger partial charge < -0.3 is 15.2 Å². The van der Waals surface area contributed by atoms with Crippen LogP contribution in [-0.2, 0) is 16.1 Å². The monoisotopic (exact) mass is 293 g/mol. The van der Waals surface area contributed by atoms with Crippen molar-refractivity contribution in [2.24, 2.45) is 5.92 Å². The molecule has 5 heteroatoms. The molecule has 2 unspecified atom stereocenters. The van der Waals surface area contributed by atoms with Gasteiger partial charge >= 0.3 is 0 Å². The zero-order chi connectivity index (χ0) is 14.4. The van der Waals surface area contributed by atoms with Gasteiger partial charge in [-0.3, -0.25) is 4.79 Å². The lowest BCUT2D eigenvalue weighted by Gasteiger charge is -2.14. The quantitative estimate of drug-likeness (QED) is 0.828. The Labute approximate surface area is 123 Å². The molecule has 2 N–H and O–H groups in total. The minimum atomic E-state index is -0.320. The topological polar surface area (TPSA) is 58.6 Å². The summed E-state index contributed by atoms with van der Waals surface area (Å²) in [6, 6.07) is 1.94. The van der Waals surface area contributed by atoms with E-state index in [1.165, 1.54) is 0 Å². The number of hydrogen-bond acceptors (Lipinski definition) is 4. The Balaban J connectivity index is 1.90. The lowest BCUT2D eigenvalue weighted by atomic mass is 10.0. The third-order valence-electron chi connectivity index (χ3n) is 3.27. The number of nitrogens with one attached hydrogen (secondary N) is 1. The fraction of sp³-hybridized carbons (Fsp3) is 0.533. The van der Waals surface area contributed by atoms with Crippen molar-refractivity contribution in [2.75, 3.05) is 13.2 Å². The van der Waals surface area contributed by atoms with Gasteiger partial charge in [-0.15, -0.1) is 11.3 Å². The Morgan fingerprint density at radius 2 is 2.50 bits per heavy atom. The van der Waals surface area contributed by atoms with E-state index in [4.69, 9.17) is 9.84 Å². The number of rotatable bonds is 4. The maximum absolute atomic E-state index is 12.0. The molecule has 1 aromatic rings. The van der Waals surface area contributed by atoms with Crippen LogP contribution >= 0.6 is 11.3 Å². The molecular weight excluding hydrogens is 274 g/mol. The smallest absolute Gasteiger partial charge is 0.249 e. The first-order valence-corrected chi connectivity index (χ1v) is 7.65. The maximum Gasteiger partial charge on any atom is 0.249 e. The van der Waals surface area contributed by atoms with Gasteiger partial charge in [0.2, 0.25) is 5.91 Å². The van der Waals surface area contributed by atoms with Crippen LogP contribution in [0.3, 0.4) is 0 Å². The molecule has 1 aliphatic heterocycles. The first-order chi connectivity index (χ1) is 9.72. The zero-order valence-electron chi connectivity index (χ0n) is 11.5. The predicted octanol–water partition coefficient (Wildman–Crippen LogP) is 1.52. The summed E-state index contributed by atoms with van der Waals surface area (Å²) in [5, 5.41) is 13.6. The van der Waals surface area contributed by atoms with Gasteiger partial charge in [0.05, 0.1) is 13.2 Å². The van der Waals surface area contributed by atoms with Gasteiger partial charge in [-0.1, -0.05) is 18.8 Å². The molecule has 1 aromatic heterocycles. The highest BCUT2D eigenvalue weighted by atomic mass is 32.1. The van der Waals surface area contributed by atoms with Crippen LogP contribution in [0.4, 0.5) is 0 Å². The summed E-state index contributed by atoms with van der Waals surface area (Å²) in [6.45, 7) is 3.25. The molecular formula is C15H19NO3S. The summed E-state index contributed by atoms with van der Waals surface area (Å²) in [5.41, 5.74) is 0.920. The first-order valence-electron chi connectivity index (χ1n) is 6.77. The molecule has 1 amide bonds. The van der Waals surface area contributed by atoms with Crippen LogP contribution in [0.1, 0.15) is 30.2 Å². The standard InChI is InChI=1S/C15H19NO3S/c1-11-5-8-19-14(11)15(18)16-10-13-12(6-9-20-13)4-2-3-7-17/h6,9,11,14,17H,3,5,7-8,10H2,1H3,(H,16,18). The van der Waals surface area contributed by atoms with E-state index in [1.54, 1.807) is 11.3 Å². The van der Waals surface area contributed by atoms with Crippen LogP contribution in [0.2, 0.25) is 0 Å². The summed E-state index contributed by atoms with van der Waals surface area (Å²) in [7, 11) is 0. The van der Waals surface area contributed by atoms with Crippen molar-refractivity contribution in [3.8, 4) is 11.8 Å². The number of aliphatic hydroxyl groups is 1. The van der Waals surface area contributed by atoms with Crippen LogP contribution in [0.25, 0.3) is 0 Å². The highest BCUT2D eigenvalue weighted by Gasteiger charge is 2.30. The van der Waals surface area contributed by atoms with Crippen LogP contribution in [0, 0.1) is 17.8 Å². The van der Waals surface area contributed by atoms with Gasteiger partial charge in [0, 0.05) is 23.5 Å². The SMILES string of the molecule is CC1CCOC1C(=O)NCc1sccc1C#CCCO. The second-order valence-corrected chi connectivity index (χ2v) is 5.81. The van der Waals surface area contributed by atoms with Gasteiger partial charge in [0.25, 0.3) is 0 Å². The van der Waals surface area contributed by atoms with Crippen molar-refractivity contribution in [3.63, 3.8) is 0 Å². The lowest BCUT2D eigenvalue weighted by Crippen LogP contribution is -2.36. The van der Waals surface area contributed by atoms with Gasteiger partial charge in [-0.2, -0.15) is 0 Å². The Hall–Kier alpha value is -1.35. The van der Waals surface area contributed by atoms with Crippen molar-refractivity contribution < 1.29 is 14.6 Å². The Morgan fingerprint density at radius 1 is 1.65 bits per heavy atom. The molecule has 1 saturated heterocycles. The van der Waals surface area contributed by atoms with Crippen molar-refractivity contribution in [3.05, 3.63) is 21.9 Å². The van der Waals surface area contributed by atoms with Gasteiger partial charge in [-0.25, -0.2) is 0 Å². The van der Waals surface area contributed by atoms with Crippen LogP contribution in [0.5, 0.6) is 0 Å². The number of amides is 1. The van der Waals surface area contributed by atoms with E-state index in [9.17, 15) is 4.79 Å². The van der Waals surface area contributed by atoms with E-state index in [1.807, 2.05) is 18.4 Å². The number of ether oxygens (including phenoxy) is 1. The number of hydrogen-bond donors (Lipinski definition) is 2. The first kappa shape index (κ1) is 15.0. The summed E-state index contributed by atoms with van der Waals surface area (Å²) in [4.78, 5) is 13.1. The predicted molar refractivity (Wildman–Crippen MR) is 78.3 cm³/mol. The molecule has 4 nitrogen and oxygen atoms in total. The summed E-state index contributed by atoms with van der Waals surface area (Å²) in [6.07, 6.45) is 1.09. The second-order valence-electron chi connectivity index (χ2n) is 4.81. The zero-order valence-corrected chi connectivity index (χ0v) is 12.3. The third kappa shape index (κ3) is 3.83. The molecule has 0 bridgehead atoms. The van der Waals surface area contributed by atoms with Crippen molar-refractivity contribution in [2.45, 2.75) is 32.4 Å². The van der Waals surface area contributed by atoms with E-state index < -0.39 is 0 Å². The highest BCUT2D eigenvalue weighted by molar-refractivity contribution is 7.10. The van der Waals surface area contributed by atoms with Crippen LogP contribution < -0.4 is 5.32 Å². The summed E-state index contributed by atoms with van der Waals surface area (Å²) in [5.74, 6) is 6.15. The molecule has 1 fully saturated rings. The molecule has 0 aromatic carbocycles. The third-order valence-corrected chi connectivity index (χ3v) is 4.20. The summed E-state index contributed by atoms with van der Waals surface area (Å²) < 4.78 is 5.44. The van der Waals surface area contributed by atoms with Crippen molar-refractivity contribution in [1.29, 1.82) is 0 Å². The molecule has 0 saturated carbocycles. The average molecular weight is 293 g/mol. The molecule has 2 heterocycles. The number of thiophene rings is 1. The number of carbonyl (C=O) groups excluding carboxylic acids is 1. The molecule has 20 heavy (non-hydrogen) atoms. The van der Waals surface area contributed by atoms with E-state index in [-0.39, 0.29) is 24.5 Å². The fourth-order valence-electron chi connectivity index (χ4n) is 2.10. The van der Waals surface area contributed by atoms with E-state index in [0.29, 0.717) is 19.6 Å².